The van der Waals surface area contributed by atoms with Crippen molar-refractivity contribution in [3.8, 4) is 0 Å². The molecule has 0 aliphatic heterocycles. The average molecular weight is 663 g/mol. The number of hydrogen-bond donors (Lipinski definition) is 0. The van der Waals surface area contributed by atoms with Crippen molar-refractivity contribution in [2.75, 3.05) is 9.86 Å². The molecule has 0 aromatic heterocycles. The second-order valence-corrected chi connectivity index (χ2v) is 16.7. The second kappa shape index (κ2) is 10.3. The summed E-state index contributed by atoms with van der Waals surface area (Å²) in [6.45, 7) is 11.9. The van der Waals surface area contributed by atoms with Gasteiger partial charge in [0, 0.05) is 0 Å². The van der Waals surface area contributed by atoms with E-state index in [0.717, 1.165) is 19.3 Å². The molecule has 2 aliphatic rings. The summed E-state index contributed by atoms with van der Waals surface area (Å²) in [4.78, 5) is 4.80. The van der Waals surface area contributed by atoms with Gasteiger partial charge in [-0.2, -0.15) is 0 Å². The van der Waals surface area contributed by atoms with Gasteiger partial charge < -0.3 is 0 Å². The van der Waals surface area contributed by atoms with Gasteiger partial charge in [-0.05, 0) is 12.0 Å². The Morgan fingerprint density at radius 3 is 2.36 bits per heavy atom. The Balaban J connectivity index is 1.56. The van der Waals surface area contributed by atoms with Crippen LogP contribution in [0, 0.1) is 16.7 Å². The van der Waals surface area contributed by atoms with Gasteiger partial charge in [-0.15, -0.1) is 0 Å². The van der Waals surface area contributed by atoms with E-state index in [1.54, 1.807) is 7.09 Å². The normalized spacial score (nSPS) is 24.9. The van der Waals surface area contributed by atoms with Crippen molar-refractivity contribution >= 4 is 27.8 Å². The van der Waals surface area contributed by atoms with Gasteiger partial charge >= 0.3 is 174 Å². The van der Waals surface area contributed by atoms with Gasteiger partial charge in [0.25, 0.3) is 0 Å². The van der Waals surface area contributed by atoms with Gasteiger partial charge in [0.1, 0.15) is 0 Å². The third-order valence-corrected chi connectivity index (χ3v) is 16.3. The van der Waals surface area contributed by atoms with Gasteiger partial charge in [0.05, 0.1) is 0 Å². The van der Waals surface area contributed by atoms with Gasteiger partial charge in [-0.25, -0.2) is 0 Å². The Morgan fingerprint density at radius 1 is 1.03 bits per heavy atom. The number of allylic oxidation sites excluding steroid dienone is 5. The van der Waals surface area contributed by atoms with E-state index in [-0.39, 0.29) is 52.8 Å². The van der Waals surface area contributed by atoms with Crippen molar-refractivity contribution in [1.82, 2.24) is 0 Å². The number of benzene rings is 2. The van der Waals surface area contributed by atoms with Crippen LogP contribution in [0.15, 0.2) is 84.5 Å². The summed E-state index contributed by atoms with van der Waals surface area (Å²) in [6.07, 6.45) is 9.62. The molecule has 0 saturated carbocycles. The predicted molar refractivity (Wildman–Crippen MR) is 151 cm³/mol. The molecule has 176 valence electrons. The van der Waals surface area contributed by atoms with Crippen LogP contribution in [0.4, 0.5) is 0 Å². The molecule has 2 aromatic carbocycles. The predicted octanol–water partition coefficient (Wildman–Crippen LogP) is 5.44. The fourth-order valence-corrected chi connectivity index (χ4v) is 11.1. The first kappa shape index (κ1) is 25.1. The fourth-order valence-electron chi connectivity index (χ4n) is 6.03. The van der Waals surface area contributed by atoms with Crippen molar-refractivity contribution in [3.63, 3.8) is 0 Å². The van der Waals surface area contributed by atoms with E-state index in [2.05, 4.69) is 104 Å². The first-order chi connectivity index (χ1) is 15.8. The van der Waals surface area contributed by atoms with Crippen molar-refractivity contribution < 1.29 is 21.2 Å². The topological polar surface area (TPSA) is 0 Å². The summed E-state index contributed by atoms with van der Waals surface area (Å²) in [5.41, 5.74) is 9.14. The molecular weight excluding hydrogens is 626 g/mol. The zero-order chi connectivity index (χ0) is 23.6. The summed E-state index contributed by atoms with van der Waals surface area (Å²) in [5, 5.41) is 0. The maximum atomic E-state index is 4.54. The van der Waals surface area contributed by atoms with Crippen LogP contribution in [0.25, 0.3) is 5.57 Å². The van der Waals surface area contributed by atoms with Gasteiger partial charge in [-0.1, -0.05) is 36.9 Å². The van der Waals surface area contributed by atoms with Gasteiger partial charge in [0.2, 0.25) is 0 Å². The summed E-state index contributed by atoms with van der Waals surface area (Å²) in [6, 6.07) is 20.4. The molecule has 0 N–H and O–H groups in total. The first-order valence-electron chi connectivity index (χ1n) is 11.9. The molecule has 0 heterocycles. The molecule has 0 unspecified atom stereocenters. The van der Waals surface area contributed by atoms with E-state index in [0.29, 0.717) is 5.92 Å². The Bertz CT molecular complexity index is 1100. The van der Waals surface area contributed by atoms with Crippen LogP contribution in [0.2, 0.25) is 0 Å². The van der Waals surface area contributed by atoms with E-state index >= 15 is 0 Å². The van der Waals surface area contributed by atoms with Crippen LogP contribution in [-0.4, -0.2) is 11.4 Å². The minimum absolute atomic E-state index is 0.0716. The van der Waals surface area contributed by atoms with Crippen LogP contribution in [-0.2, 0) is 6.42 Å². The fraction of sp³-hybridized carbons (Fsp3) is 0.387. The van der Waals surface area contributed by atoms with E-state index in [1.807, 2.05) is 0 Å². The molecule has 2 aliphatic carbocycles. The Morgan fingerprint density at radius 2 is 1.73 bits per heavy atom. The molecule has 2 atom stereocenters. The summed E-state index contributed by atoms with van der Waals surface area (Å²) in [5.74, 6) is 0.577. The van der Waals surface area contributed by atoms with E-state index in [9.17, 15) is 0 Å². The molecular formula is C31H37I2-. The number of rotatable bonds is 6. The molecule has 0 spiro atoms. The summed E-state index contributed by atoms with van der Waals surface area (Å²) >= 11 is 0.416. The number of halogens is 2. The minimum atomic E-state index is 0.0716. The van der Waals surface area contributed by atoms with E-state index in [4.69, 9.17) is 0 Å². The molecule has 2 heteroatoms. The summed E-state index contributed by atoms with van der Waals surface area (Å²) in [7, 11) is 0. The molecule has 0 bridgehead atoms. The maximum absolute atomic E-state index is 4.54. The third-order valence-electron chi connectivity index (χ3n) is 7.65. The van der Waals surface area contributed by atoms with E-state index in [1.165, 1.54) is 34.3 Å². The SMILES string of the molecule is C=C(Cc1ccccc1)[C@@H]1CC=C2C(C)(C)C(c3ccc(C(=IC)[I-]C)cc3)=CC[C@]2(C)C1. The van der Waals surface area contributed by atoms with Crippen LogP contribution < -0.4 is 21.2 Å². The standard InChI is InChI=1S/C31H37I2/c1-22(20-23-10-8-7-9-11-23)26-16-17-28-30(2,3)27(18-19-31(28,4)21-26)24-12-14-25(15-13-24)29(32-5)33-6/h7-15,17-18,26H,1,16,19-21H2,2-6H3/q-1/t26-,31-/m1/s1. The molecule has 0 fully saturated rings. The van der Waals surface area contributed by atoms with Gasteiger partial charge in [-0.3, -0.25) is 0 Å². The molecule has 33 heavy (non-hydrogen) atoms. The van der Waals surface area contributed by atoms with Gasteiger partial charge in [0.15, 0.2) is 0 Å². The van der Waals surface area contributed by atoms with Crippen molar-refractivity contribution in [2.24, 2.45) is 16.7 Å². The molecule has 0 nitrogen and oxygen atoms in total. The zero-order valence-corrected chi connectivity index (χ0v) is 25.0. The number of fused-ring (bicyclic) bond motifs is 1. The van der Waals surface area contributed by atoms with Crippen LogP contribution in [0.1, 0.15) is 56.7 Å². The molecule has 2 aromatic rings. The van der Waals surface area contributed by atoms with E-state index < -0.39 is 0 Å². The Kier molecular flexibility index (Phi) is 7.84. The number of alkyl halides is 2. The second-order valence-electron chi connectivity index (χ2n) is 10.3. The quantitative estimate of drug-likeness (QED) is 0.220. The van der Waals surface area contributed by atoms with Crippen molar-refractivity contribution in [2.45, 2.75) is 46.5 Å². The zero-order valence-electron chi connectivity index (χ0n) is 20.7. The molecule has 4 rings (SSSR count). The van der Waals surface area contributed by atoms with Crippen molar-refractivity contribution in [3.05, 3.63) is 101 Å². The van der Waals surface area contributed by atoms with Crippen LogP contribution >= 0.6 is 20.7 Å². The Labute approximate surface area is 221 Å². The Hall–Kier alpha value is -1.01. The monoisotopic (exact) mass is 663 g/mol. The molecule has 0 amide bonds. The van der Waals surface area contributed by atoms with Crippen LogP contribution in [0.3, 0.4) is 0 Å². The molecule has 0 saturated heterocycles. The van der Waals surface area contributed by atoms with Crippen molar-refractivity contribution in [1.29, 1.82) is 0 Å². The number of hydrogen-bond acceptors (Lipinski definition) is 0. The third kappa shape index (κ3) is 5.17. The first-order valence-corrected chi connectivity index (χ1v) is 18.4. The molecule has 0 radical (unpaired) electrons. The van der Waals surface area contributed by atoms with Crippen LogP contribution in [0.5, 0.6) is 0 Å². The summed E-state index contributed by atoms with van der Waals surface area (Å²) < 4.78 is 1.76. The average Bonchev–Trinajstić information content (AvgIpc) is 2.80.